The smallest absolute Gasteiger partial charge is 0.322 e. The molecule has 0 saturated carbocycles. The van der Waals surface area contributed by atoms with Crippen LogP contribution in [0.3, 0.4) is 0 Å². The molecular weight excluding hydrogens is 399 g/mol. The number of amides is 3. The van der Waals surface area contributed by atoms with Crippen LogP contribution in [0.25, 0.3) is 0 Å². The second-order valence-electron chi connectivity index (χ2n) is 7.54. The highest BCUT2D eigenvalue weighted by atomic mass is 19.1. The number of hydrogen-bond donors (Lipinski definition) is 2. The first-order valence-electron chi connectivity index (χ1n) is 10.2. The Labute approximate surface area is 183 Å². The number of urea groups is 1. The van der Waals surface area contributed by atoms with Crippen LogP contribution in [0.1, 0.15) is 25.8 Å². The average Bonchev–Trinajstić information content (AvgIpc) is 2.71. The Morgan fingerprint density at radius 1 is 1.10 bits per heavy atom. The molecular formula is C23H31FN4O3. The first kappa shape index (κ1) is 24.1. The molecule has 2 aromatic rings. The van der Waals surface area contributed by atoms with Gasteiger partial charge in [0.1, 0.15) is 12.4 Å². The molecule has 2 aromatic carbocycles. The van der Waals surface area contributed by atoms with Gasteiger partial charge in [0.15, 0.2) is 0 Å². The van der Waals surface area contributed by atoms with Crippen LogP contribution in [-0.2, 0) is 16.1 Å². The monoisotopic (exact) mass is 430 g/mol. The molecule has 1 unspecified atom stereocenters. The van der Waals surface area contributed by atoms with Crippen molar-refractivity contribution in [3.8, 4) is 0 Å². The Morgan fingerprint density at radius 3 is 2.42 bits per heavy atom. The van der Waals surface area contributed by atoms with Gasteiger partial charge in [-0.25, -0.2) is 9.18 Å². The molecule has 0 aliphatic heterocycles. The highest BCUT2D eigenvalue weighted by Gasteiger charge is 2.22. The number of rotatable bonds is 9. The lowest BCUT2D eigenvalue weighted by atomic mass is 10.1. The molecule has 0 spiro atoms. The molecule has 1 atom stereocenters. The Balaban J connectivity index is 2.31. The number of ether oxygens (including phenoxy) is 1. The molecule has 31 heavy (non-hydrogen) atoms. The fraction of sp³-hybridized carbons (Fsp3) is 0.391. The summed E-state index contributed by atoms with van der Waals surface area (Å²) in [5.74, 6) is -0.670. The maximum absolute atomic E-state index is 13.5. The number of hydrogen-bond acceptors (Lipinski definition) is 4. The third-order valence-electron chi connectivity index (χ3n) is 4.92. The molecule has 0 bridgehead atoms. The number of carbonyl (C=O) groups is 2. The van der Waals surface area contributed by atoms with Crippen molar-refractivity contribution >= 4 is 29.0 Å². The molecule has 168 valence electrons. The van der Waals surface area contributed by atoms with E-state index in [0.29, 0.717) is 17.9 Å². The van der Waals surface area contributed by atoms with E-state index < -0.39 is 5.82 Å². The van der Waals surface area contributed by atoms with E-state index in [-0.39, 0.29) is 24.6 Å². The summed E-state index contributed by atoms with van der Waals surface area (Å²) in [5, 5.41) is 5.58. The summed E-state index contributed by atoms with van der Waals surface area (Å²) in [6.07, 6.45) is 0.748. The van der Waals surface area contributed by atoms with E-state index in [9.17, 15) is 14.0 Å². The Bertz CT molecular complexity index is 904. The lowest BCUT2D eigenvalue weighted by Crippen LogP contribution is -2.41. The molecule has 0 heterocycles. The van der Waals surface area contributed by atoms with Crippen molar-refractivity contribution in [1.82, 2.24) is 4.90 Å². The average molecular weight is 431 g/mol. The molecule has 0 aliphatic carbocycles. The SMILES string of the molecule is CCC(C)N(Cc1cc(NC(=O)COC)ccc1N(C)C)C(=O)Nc1cccc(F)c1. The first-order valence-corrected chi connectivity index (χ1v) is 10.2. The van der Waals surface area contributed by atoms with Crippen molar-refractivity contribution < 1.29 is 18.7 Å². The predicted octanol–water partition coefficient (Wildman–Crippen LogP) is 4.31. The van der Waals surface area contributed by atoms with Gasteiger partial charge in [0.05, 0.1) is 0 Å². The molecule has 3 amide bonds. The van der Waals surface area contributed by atoms with E-state index in [1.54, 1.807) is 17.0 Å². The van der Waals surface area contributed by atoms with Gasteiger partial charge in [0, 0.05) is 50.9 Å². The minimum absolute atomic E-state index is 0.0419. The number of halogens is 1. The van der Waals surface area contributed by atoms with Gasteiger partial charge in [-0.15, -0.1) is 0 Å². The maximum atomic E-state index is 13.5. The normalized spacial score (nSPS) is 11.5. The van der Waals surface area contributed by atoms with Crippen LogP contribution in [-0.4, -0.2) is 50.7 Å². The van der Waals surface area contributed by atoms with E-state index in [1.807, 2.05) is 51.0 Å². The topological polar surface area (TPSA) is 73.9 Å². The van der Waals surface area contributed by atoms with Crippen LogP contribution in [0.2, 0.25) is 0 Å². The fourth-order valence-electron chi connectivity index (χ4n) is 3.15. The molecule has 8 heteroatoms. The van der Waals surface area contributed by atoms with Crippen LogP contribution in [0.15, 0.2) is 42.5 Å². The van der Waals surface area contributed by atoms with Crippen LogP contribution < -0.4 is 15.5 Å². The van der Waals surface area contributed by atoms with Crippen LogP contribution in [0, 0.1) is 5.82 Å². The maximum Gasteiger partial charge on any atom is 0.322 e. The lowest BCUT2D eigenvalue weighted by Gasteiger charge is -2.31. The van der Waals surface area contributed by atoms with Gasteiger partial charge in [-0.2, -0.15) is 0 Å². The highest BCUT2D eigenvalue weighted by Crippen LogP contribution is 2.26. The van der Waals surface area contributed by atoms with Crippen molar-refractivity contribution in [2.24, 2.45) is 0 Å². The van der Waals surface area contributed by atoms with Gasteiger partial charge >= 0.3 is 6.03 Å². The molecule has 0 fully saturated rings. The Morgan fingerprint density at radius 2 is 1.81 bits per heavy atom. The van der Waals surface area contributed by atoms with E-state index in [0.717, 1.165) is 17.7 Å². The van der Waals surface area contributed by atoms with Gasteiger partial charge in [0.2, 0.25) is 5.91 Å². The lowest BCUT2D eigenvalue weighted by molar-refractivity contribution is -0.119. The zero-order chi connectivity index (χ0) is 23.0. The minimum Gasteiger partial charge on any atom is -0.377 e. The largest absolute Gasteiger partial charge is 0.377 e. The highest BCUT2D eigenvalue weighted by molar-refractivity contribution is 5.92. The third-order valence-corrected chi connectivity index (χ3v) is 4.92. The zero-order valence-corrected chi connectivity index (χ0v) is 18.7. The summed E-state index contributed by atoms with van der Waals surface area (Å²) in [5.41, 5.74) is 2.82. The van der Waals surface area contributed by atoms with E-state index in [4.69, 9.17) is 4.74 Å². The minimum atomic E-state index is -0.415. The molecule has 0 aromatic heterocycles. The molecule has 2 N–H and O–H groups in total. The molecule has 2 rings (SSSR count). The first-order chi connectivity index (χ1) is 14.7. The number of methoxy groups -OCH3 is 1. The third kappa shape index (κ3) is 6.96. The van der Waals surface area contributed by atoms with Crippen molar-refractivity contribution in [2.75, 3.05) is 43.3 Å². The van der Waals surface area contributed by atoms with Gasteiger partial charge in [0.25, 0.3) is 0 Å². The predicted molar refractivity (Wildman–Crippen MR) is 122 cm³/mol. The number of anilines is 3. The molecule has 0 saturated heterocycles. The zero-order valence-electron chi connectivity index (χ0n) is 18.7. The van der Waals surface area contributed by atoms with Gasteiger partial charge in [-0.3, -0.25) is 4.79 Å². The van der Waals surface area contributed by atoms with Crippen LogP contribution in [0.4, 0.5) is 26.2 Å². The van der Waals surface area contributed by atoms with E-state index in [2.05, 4.69) is 10.6 Å². The van der Waals surface area contributed by atoms with Crippen LogP contribution in [0.5, 0.6) is 0 Å². The molecule has 7 nitrogen and oxygen atoms in total. The number of carbonyl (C=O) groups excluding carboxylic acids is 2. The summed E-state index contributed by atoms with van der Waals surface area (Å²) in [4.78, 5) is 28.6. The summed E-state index contributed by atoms with van der Waals surface area (Å²) in [6, 6.07) is 11.0. The summed E-state index contributed by atoms with van der Waals surface area (Å²) in [7, 11) is 5.30. The van der Waals surface area contributed by atoms with Crippen molar-refractivity contribution in [3.63, 3.8) is 0 Å². The second kappa shape index (κ2) is 11.3. The Kier molecular flexibility index (Phi) is 8.81. The Hall–Kier alpha value is -3.13. The second-order valence-corrected chi connectivity index (χ2v) is 7.54. The van der Waals surface area contributed by atoms with Crippen molar-refractivity contribution in [1.29, 1.82) is 0 Å². The molecule has 0 radical (unpaired) electrons. The van der Waals surface area contributed by atoms with Crippen LogP contribution >= 0.6 is 0 Å². The number of nitrogens with zero attached hydrogens (tertiary/aromatic N) is 2. The van der Waals surface area contributed by atoms with Gasteiger partial charge in [-0.05, 0) is 55.3 Å². The van der Waals surface area contributed by atoms with E-state index in [1.165, 1.54) is 19.2 Å². The summed E-state index contributed by atoms with van der Waals surface area (Å²) in [6.45, 7) is 4.24. The van der Waals surface area contributed by atoms with E-state index >= 15 is 0 Å². The quantitative estimate of drug-likeness (QED) is 0.622. The standard InChI is InChI=1S/C23H31FN4O3/c1-6-16(2)28(23(30)26-19-9-7-8-18(24)13-19)14-17-12-20(25-22(29)15-31-5)10-11-21(17)27(3)4/h7-13,16H,6,14-15H2,1-5H3,(H,25,29)(H,26,30). The molecule has 0 aliphatic rings. The van der Waals surface area contributed by atoms with Crippen molar-refractivity contribution in [2.45, 2.75) is 32.9 Å². The van der Waals surface area contributed by atoms with Crippen molar-refractivity contribution in [3.05, 3.63) is 53.8 Å². The van der Waals surface area contributed by atoms with Gasteiger partial charge in [-0.1, -0.05) is 13.0 Å². The number of nitrogens with one attached hydrogen (secondary N) is 2. The number of benzene rings is 2. The summed E-state index contributed by atoms with van der Waals surface area (Å²) < 4.78 is 18.4. The van der Waals surface area contributed by atoms with Gasteiger partial charge < -0.3 is 25.2 Å². The summed E-state index contributed by atoms with van der Waals surface area (Å²) >= 11 is 0. The fourth-order valence-corrected chi connectivity index (χ4v) is 3.15.